The zero-order valence-corrected chi connectivity index (χ0v) is 20.7. The SMILES string of the molecule is [2H]C(Nc1cc(C#N)c2ncc(C#N)c(NCC(C)(C)C)c2c1)(c1ccc(F)nc1)c1cn(C2CC2)nn1. The van der Waals surface area contributed by atoms with Crippen molar-refractivity contribution < 1.29 is 5.76 Å². The number of aromatic nitrogens is 5. The quantitative estimate of drug-likeness (QED) is 0.338. The molecule has 9 nitrogen and oxygen atoms in total. The Morgan fingerprint density at radius 2 is 1.95 bits per heavy atom. The van der Waals surface area contributed by atoms with Crippen molar-refractivity contribution in [1.29, 1.82) is 10.5 Å². The molecule has 0 radical (unpaired) electrons. The summed E-state index contributed by atoms with van der Waals surface area (Å²) in [6, 6.07) is 8.91. The van der Waals surface area contributed by atoms with Gasteiger partial charge in [0.2, 0.25) is 5.95 Å². The minimum atomic E-state index is -1.70. The van der Waals surface area contributed by atoms with Crippen LogP contribution in [0.25, 0.3) is 10.9 Å². The van der Waals surface area contributed by atoms with Crippen molar-refractivity contribution in [3.63, 3.8) is 0 Å². The molecule has 10 heteroatoms. The summed E-state index contributed by atoms with van der Waals surface area (Å²) in [4.78, 5) is 8.13. The van der Waals surface area contributed by atoms with Gasteiger partial charge in [0, 0.05) is 30.0 Å². The zero-order chi connectivity index (χ0) is 27.1. The fraction of sp³-hybridized carbons (Fsp3) is 0.333. The Bertz CT molecular complexity index is 1590. The van der Waals surface area contributed by atoms with E-state index in [-0.39, 0.29) is 17.0 Å². The number of benzene rings is 1. The van der Waals surface area contributed by atoms with Crippen LogP contribution in [0.15, 0.2) is 42.9 Å². The molecule has 3 aromatic heterocycles. The lowest BCUT2D eigenvalue weighted by Gasteiger charge is -2.22. The van der Waals surface area contributed by atoms with Crippen LogP contribution in [-0.4, -0.2) is 31.5 Å². The van der Waals surface area contributed by atoms with Crippen LogP contribution < -0.4 is 10.6 Å². The highest BCUT2D eigenvalue weighted by atomic mass is 19.1. The van der Waals surface area contributed by atoms with E-state index in [0.717, 1.165) is 12.8 Å². The predicted molar refractivity (Wildman–Crippen MR) is 137 cm³/mol. The van der Waals surface area contributed by atoms with Gasteiger partial charge in [0.15, 0.2) is 0 Å². The largest absolute Gasteiger partial charge is 0.383 e. The van der Waals surface area contributed by atoms with E-state index in [4.69, 9.17) is 0 Å². The van der Waals surface area contributed by atoms with Crippen LogP contribution in [0.5, 0.6) is 0 Å². The van der Waals surface area contributed by atoms with Gasteiger partial charge in [0.25, 0.3) is 0 Å². The van der Waals surface area contributed by atoms with Gasteiger partial charge in [-0.05, 0) is 42.0 Å². The number of halogens is 1. The van der Waals surface area contributed by atoms with Gasteiger partial charge in [-0.25, -0.2) is 9.67 Å². The summed E-state index contributed by atoms with van der Waals surface area (Å²) in [7, 11) is 0. The summed E-state index contributed by atoms with van der Waals surface area (Å²) in [5.41, 5.74) is 2.60. The van der Waals surface area contributed by atoms with E-state index in [1.165, 1.54) is 24.5 Å². The Kier molecular flexibility index (Phi) is 5.85. The van der Waals surface area contributed by atoms with Crippen molar-refractivity contribution in [3.05, 3.63) is 71.2 Å². The van der Waals surface area contributed by atoms with Gasteiger partial charge in [0.05, 0.1) is 42.0 Å². The van der Waals surface area contributed by atoms with Crippen LogP contribution in [0.1, 0.15) is 69.4 Å². The number of hydrogen-bond acceptors (Lipinski definition) is 8. The third-order valence-corrected chi connectivity index (χ3v) is 5.98. The van der Waals surface area contributed by atoms with E-state index in [1.54, 1.807) is 23.0 Å². The lowest BCUT2D eigenvalue weighted by atomic mass is 9.96. The van der Waals surface area contributed by atoms with Gasteiger partial charge in [-0.2, -0.15) is 14.9 Å². The molecule has 1 aliphatic rings. The average Bonchev–Trinajstić information content (AvgIpc) is 3.62. The molecule has 0 bridgehead atoms. The minimum Gasteiger partial charge on any atom is -0.383 e. The standard InChI is InChI=1S/C27H26FN9/c1-27(2,3)15-33-25-18(11-30)13-32-24-17(10-29)8-19(9-21(24)25)34-26(16-4-7-23(28)31-12-16)22-14-37(36-35-22)20-5-6-20/h4,7-9,12-14,20,26,34H,5-6,15H2,1-3H3,(H,32,33)/i26D. The maximum atomic E-state index is 13.7. The number of pyridine rings is 2. The smallest absolute Gasteiger partial charge is 0.212 e. The first-order valence-corrected chi connectivity index (χ1v) is 11.9. The molecule has 1 saturated carbocycles. The second-order valence-electron chi connectivity index (χ2n) is 10.3. The number of nitriles is 2. The fourth-order valence-electron chi connectivity index (χ4n) is 3.95. The summed E-state index contributed by atoms with van der Waals surface area (Å²) in [5.74, 6) is -0.667. The second kappa shape index (κ2) is 9.47. The third-order valence-electron chi connectivity index (χ3n) is 5.98. The average molecular weight is 497 g/mol. The first-order valence-electron chi connectivity index (χ1n) is 12.4. The molecule has 0 amide bonds. The van der Waals surface area contributed by atoms with Crippen LogP contribution >= 0.6 is 0 Å². The number of nitrogens with zero attached hydrogens (tertiary/aromatic N) is 7. The third kappa shape index (κ3) is 5.19. The van der Waals surface area contributed by atoms with Crippen molar-refractivity contribution in [3.8, 4) is 12.1 Å². The lowest BCUT2D eigenvalue weighted by Crippen LogP contribution is -2.20. The maximum Gasteiger partial charge on any atom is 0.212 e. The summed E-state index contributed by atoms with van der Waals surface area (Å²) < 4.78 is 24.9. The van der Waals surface area contributed by atoms with Gasteiger partial charge in [-0.3, -0.25) is 4.98 Å². The van der Waals surface area contributed by atoms with Crippen LogP contribution in [0, 0.1) is 34.0 Å². The molecule has 1 atom stereocenters. The Morgan fingerprint density at radius 3 is 2.59 bits per heavy atom. The minimum absolute atomic E-state index is 0.0739. The van der Waals surface area contributed by atoms with Crippen molar-refractivity contribution in [2.75, 3.05) is 17.2 Å². The number of anilines is 2. The lowest BCUT2D eigenvalue weighted by molar-refractivity contribution is 0.443. The molecular weight excluding hydrogens is 469 g/mol. The summed E-state index contributed by atoms with van der Waals surface area (Å²) in [5, 5.41) is 35.3. The van der Waals surface area contributed by atoms with E-state index in [1.807, 2.05) is 0 Å². The molecule has 37 heavy (non-hydrogen) atoms. The molecule has 1 aliphatic carbocycles. The van der Waals surface area contributed by atoms with Gasteiger partial charge < -0.3 is 10.6 Å². The molecule has 186 valence electrons. The molecule has 3 heterocycles. The fourth-order valence-corrected chi connectivity index (χ4v) is 3.95. The van der Waals surface area contributed by atoms with Crippen LogP contribution in [-0.2, 0) is 0 Å². The maximum absolute atomic E-state index is 13.7. The van der Waals surface area contributed by atoms with Crippen molar-refractivity contribution in [1.82, 2.24) is 25.0 Å². The number of rotatable bonds is 7. The first kappa shape index (κ1) is 22.9. The molecule has 1 fully saturated rings. The van der Waals surface area contributed by atoms with Gasteiger partial charge in [-0.1, -0.05) is 32.1 Å². The van der Waals surface area contributed by atoms with Crippen molar-refractivity contribution >= 4 is 22.3 Å². The topological polar surface area (TPSA) is 128 Å². The molecule has 1 unspecified atom stereocenters. The molecule has 0 spiro atoms. The predicted octanol–water partition coefficient (Wildman–Crippen LogP) is 5.10. The number of hydrogen-bond donors (Lipinski definition) is 2. The van der Waals surface area contributed by atoms with E-state index in [2.05, 4.69) is 63.8 Å². The molecule has 4 aromatic rings. The molecular formula is C27H26FN9. The summed E-state index contributed by atoms with van der Waals surface area (Å²) in [6.07, 6.45) is 6.43. The van der Waals surface area contributed by atoms with Gasteiger partial charge in [0.1, 0.15) is 17.8 Å². The highest BCUT2D eigenvalue weighted by molar-refractivity contribution is 5.99. The highest BCUT2D eigenvalue weighted by Gasteiger charge is 2.27. The van der Waals surface area contributed by atoms with Crippen molar-refractivity contribution in [2.45, 2.75) is 45.7 Å². The van der Waals surface area contributed by atoms with Gasteiger partial charge in [-0.15, -0.1) is 5.10 Å². The van der Waals surface area contributed by atoms with E-state index in [0.29, 0.717) is 45.6 Å². The first-order chi connectivity index (χ1) is 18.1. The van der Waals surface area contributed by atoms with E-state index >= 15 is 0 Å². The summed E-state index contributed by atoms with van der Waals surface area (Å²) >= 11 is 0. The molecule has 1 aromatic carbocycles. The highest BCUT2D eigenvalue weighted by Crippen LogP contribution is 2.36. The number of fused-ring (bicyclic) bond motifs is 1. The van der Waals surface area contributed by atoms with Crippen LogP contribution in [0.4, 0.5) is 15.8 Å². The van der Waals surface area contributed by atoms with Crippen molar-refractivity contribution in [2.24, 2.45) is 5.41 Å². The molecule has 0 saturated heterocycles. The van der Waals surface area contributed by atoms with Crippen LogP contribution in [0.3, 0.4) is 0 Å². The summed E-state index contributed by atoms with van der Waals surface area (Å²) in [6.45, 7) is 6.80. The second-order valence-corrected chi connectivity index (χ2v) is 10.3. The molecule has 5 rings (SSSR count). The van der Waals surface area contributed by atoms with Gasteiger partial charge >= 0.3 is 0 Å². The Hall–Kier alpha value is -4.57. The Morgan fingerprint density at radius 1 is 1.16 bits per heavy atom. The zero-order valence-electron chi connectivity index (χ0n) is 21.7. The Labute approximate surface area is 215 Å². The van der Waals surface area contributed by atoms with Crippen LogP contribution in [0.2, 0.25) is 0 Å². The Balaban J connectivity index is 1.65. The van der Waals surface area contributed by atoms with E-state index in [9.17, 15) is 16.3 Å². The molecule has 0 aliphatic heterocycles. The number of nitrogens with one attached hydrogen (secondary N) is 2. The van der Waals surface area contributed by atoms with E-state index < -0.39 is 12.0 Å². The normalized spacial score (nSPS) is 15.4. The monoisotopic (exact) mass is 496 g/mol. The molecule has 2 N–H and O–H groups in total.